The maximum absolute atomic E-state index is 11.6. The fraction of sp³-hybridized carbons (Fsp3) is 0.429. The normalized spacial score (nSPS) is 10.8. The average molecular weight is 273 g/mol. The van der Waals surface area contributed by atoms with E-state index in [1.165, 1.54) is 15.3 Å². The van der Waals surface area contributed by atoms with Gasteiger partial charge in [0.1, 0.15) is 6.54 Å². The molecule has 0 fully saturated rings. The van der Waals surface area contributed by atoms with Crippen LogP contribution >= 0.6 is 0 Å². The summed E-state index contributed by atoms with van der Waals surface area (Å²) in [6, 6.07) is 8.08. The van der Waals surface area contributed by atoms with Gasteiger partial charge in [0.25, 0.3) is 0 Å². The number of tetrazole rings is 1. The maximum atomic E-state index is 11.6. The van der Waals surface area contributed by atoms with E-state index in [2.05, 4.69) is 41.4 Å². The lowest BCUT2D eigenvalue weighted by Crippen LogP contribution is -2.27. The van der Waals surface area contributed by atoms with Gasteiger partial charge in [0.2, 0.25) is 11.7 Å². The van der Waals surface area contributed by atoms with Crippen LogP contribution in [0.15, 0.2) is 24.3 Å². The summed E-state index contributed by atoms with van der Waals surface area (Å²) in [7, 11) is 3.40. The molecule has 106 valence electrons. The molecule has 2 aromatic rings. The summed E-state index contributed by atoms with van der Waals surface area (Å²) < 4.78 is 0. The smallest absolute Gasteiger partial charge is 0.245 e. The van der Waals surface area contributed by atoms with Crippen LogP contribution in [0.4, 0.5) is 0 Å². The van der Waals surface area contributed by atoms with Gasteiger partial charge in [0.15, 0.2) is 0 Å². The maximum Gasteiger partial charge on any atom is 0.245 e. The van der Waals surface area contributed by atoms with Gasteiger partial charge in [-0.25, -0.2) is 0 Å². The summed E-state index contributed by atoms with van der Waals surface area (Å²) in [6.07, 6.45) is 0. The fourth-order valence-corrected chi connectivity index (χ4v) is 1.71. The Hall–Kier alpha value is -2.24. The first kappa shape index (κ1) is 14.2. The minimum absolute atomic E-state index is 0.0656. The third-order valence-corrected chi connectivity index (χ3v) is 3.06. The predicted molar refractivity (Wildman–Crippen MR) is 76.0 cm³/mol. The van der Waals surface area contributed by atoms with Gasteiger partial charge in [-0.2, -0.15) is 4.80 Å². The average Bonchev–Trinajstić information content (AvgIpc) is 2.87. The van der Waals surface area contributed by atoms with Crippen LogP contribution < -0.4 is 0 Å². The highest BCUT2D eigenvalue weighted by atomic mass is 16.2. The SMILES string of the molecule is CC(C)c1ccc(-c2nnn(CC(=O)N(C)C)n2)cc1. The van der Waals surface area contributed by atoms with Crippen LogP contribution in [0.25, 0.3) is 11.4 Å². The Morgan fingerprint density at radius 1 is 1.25 bits per heavy atom. The summed E-state index contributed by atoms with van der Waals surface area (Å²) >= 11 is 0. The van der Waals surface area contributed by atoms with Crippen molar-refractivity contribution in [2.24, 2.45) is 0 Å². The van der Waals surface area contributed by atoms with Crippen LogP contribution in [0.5, 0.6) is 0 Å². The van der Waals surface area contributed by atoms with Crippen molar-refractivity contribution < 1.29 is 4.79 Å². The number of amides is 1. The standard InChI is InChI=1S/C14H19N5O/c1-10(2)11-5-7-12(8-6-11)14-15-17-19(16-14)9-13(20)18(3)4/h5-8,10H,9H2,1-4H3. The minimum Gasteiger partial charge on any atom is -0.347 e. The molecule has 0 aliphatic rings. The van der Waals surface area contributed by atoms with Crippen molar-refractivity contribution in [2.45, 2.75) is 26.3 Å². The molecule has 0 bridgehead atoms. The molecule has 1 aromatic heterocycles. The monoisotopic (exact) mass is 273 g/mol. The quantitative estimate of drug-likeness (QED) is 0.848. The molecule has 0 saturated heterocycles. The van der Waals surface area contributed by atoms with E-state index in [1.807, 2.05) is 12.1 Å². The lowest BCUT2D eigenvalue weighted by Gasteiger charge is -2.08. The molecule has 0 unspecified atom stereocenters. The zero-order valence-electron chi connectivity index (χ0n) is 12.2. The number of rotatable bonds is 4. The molecule has 1 amide bonds. The van der Waals surface area contributed by atoms with Crippen molar-refractivity contribution in [1.82, 2.24) is 25.1 Å². The van der Waals surface area contributed by atoms with Gasteiger partial charge in [-0.3, -0.25) is 4.79 Å². The zero-order valence-corrected chi connectivity index (χ0v) is 12.2. The Balaban J connectivity index is 2.14. The molecule has 0 aliphatic carbocycles. The number of carbonyl (C=O) groups is 1. The molecule has 0 atom stereocenters. The zero-order chi connectivity index (χ0) is 14.7. The molecular formula is C14H19N5O. The van der Waals surface area contributed by atoms with Crippen molar-refractivity contribution in [3.63, 3.8) is 0 Å². The molecule has 0 spiro atoms. The van der Waals surface area contributed by atoms with Crippen LogP contribution in [0.3, 0.4) is 0 Å². The number of nitrogens with zero attached hydrogens (tertiary/aromatic N) is 5. The van der Waals surface area contributed by atoms with Crippen LogP contribution in [-0.2, 0) is 11.3 Å². The van der Waals surface area contributed by atoms with Crippen LogP contribution in [-0.4, -0.2) is 45.1 Å². The number of aromatic nitrogens is 4. The highest BCUT2D eigenvalue weighted by Gasteiger charge is 2.10. The van der Waals surface area contributed by atoms with Crippen LogP contribution in [0.2, 0.25) is 0 Å². The Morgan fingerprint density at radius 3 is 2.45 bits per heavy atom. The molecular weight excluding hydrogens is 254 g/mol. The second-order valence-electron chi connectivity index (χ2n) is 5.21. The highest BCUT2D eigenvalue weighted by Crippen LogP contribution is 2.19. The lowest BCUT2D eigenvalue weighted by molar-refractivity contribution is -0.129. The van der Waals surface area contributed by atoms with E-state index < -0.39 is 0 Å². The molecule has 0 saturated carbocycles. The minimum atomic E-state index is -0.0656. The summed E-state index contributed by atoms with van der Waals surface area (Å²) in [5, 5.41) is 12.1. The van der Waals surface area contributed by atoms with E-state index in [0.717, 1.165) is 5.56 Å². The molecule has 20 heavy (non-hydrogen) atoms. The van der Waals surface area contributed by atoms with E-state index in [-0.39, 0.29) is 12.5 Å². The summed E-state index contributed by atoms with van der Waals surface area (Å²) in [6.45, 7) is 4.40. The van der Waals surface area contributed by atoms with E-state index in [1.54, 1.807) is 14.1 Å². The van der Waals surface area contributed by atoms with Crippen molar-refractivity contribution >= 4 is 5.91 Å². The highest BCUT2D eigenvalue weighted by molar-refractivity contribution is 5.75. The first-order valence-electron chi connectivity index (χ1n) is 6.55. The van der Waals surface area contributed by atoms with E-state index in [0.29, 0.717) is 11.7 Å². The van der Waals surface area contributed by atoms with Gasteiger partial charge in [-0.15, -0.1) is 10.2 Å². The van der Waals surface area contributed by atoms with E-state index in [9.17, 15) is 4.79 Å². The van der Waals surface area contributed by atoms with Gasteiger partial charge < -0.3 is 4.90 Å². The number of carbonyl (C=O) groups excluding carboxylic acids is 1. The Bertz CT molecular complexity index is 586. The third kappa shape index (κ3) is 3.20. The number of hydrogen-bond donors (Lipinski definition) is 0. The van der Waals surface area contributed by atoms with Crippen molar-refractivity contribution in [1.29, 1.82) is 0 Å². The van der Waals surface area contributed by atoms with Gasteiger partial charge in [-0.05, 0) is 16.7 Å². The Kier molecular flexibility index (Phi) is 4.12. The summed E-state index contributed by atoms with van der Waals surface area (Å²) in [4.78, 5) is 14.4. The Morgan fingerprint density at radius 2 is 1.90 bits per heavy atom. The molecule has 0 radical (unpaired) electrons. The van der Waals surface area contributed by atoms with Gasteiger partial charge in [0, 0.05) is 19.7 Å². The van der Waals surface area contributed by atoms with Crippen molar-refractivity contribution in [2.75, 3.05) is 14.1 Å². The van der Waals surface area contributed by atoms with E-state index >= 15 is 0 Å². The van der Waals surface area contributed by atoms with Crippen LogP contribution in [0, 0.1) is 0 Å². The third-order valence-electron chi connectivity index (χ3n) is 3.06. The van der Waals surface area contributed by atoms with Gasteiger partial charge in [0.05, 0.1) is 0 Å². The molecule has 1 aromatic carbocycles. The van der Waals surface area contributed by atoms with Gasteiger partial charge in [-0.1, -0.05) is 38.1 Å². The van der Waals surface area contributed by atoms with Gasteiger partial charge >= 0.3 is 0 Å². The molecule has 6 heteroatoms. The molecule has 2 rings (SSSR count). The molecule has 0 aliphatic heterocycles. The number of likely N-dealkylation sites (N-methyl/N-ethyl adjacent to an activating group) is 1. The fourth-order valence-electron chi connectivity index (χ4n) is 1.71. The second-order valence-corrected chi connectivity index (χ2v) is 5.21. The summed E-state index contributed by atoms with van der Waals surface area (Å²) in [5.74, 6) is 0.960. The first-order chi connectivity index (χ1) is 9.47. The number of hydrogen-bond acceptors (Lipinski definition) is 4. The Labute approximate surface area is 118 Å². The largest absolute Gasteiger partial charge is 0.347 e. The first-order valence-corrected chi connectivity index (χ1v) is 6.55. The van der Waals surface area contributed by atoms with Crippen LogP contribution in [0.1, 0.15) is 25.3 Å². The van der Waals surface area contributed by atoms with Crippen molar-refractivity contribution in [3.8, 4) is 11.4 Å². The predicted octanol–water partition coefficient (Wildman–Crippen LogP) is 1.55. The lowest BCUT2D eigenvalue weighted by atomic mass is 10.0. The summed E-state index contributed by atoms with van der Waals surface area (Å²) in [5.41, 5.74) is 2.17. The number of benzene rings is 1. The van der Waals surface area contributed by atoms with Crippen molar-refractivity contribution in [3.05, 3.63) is 29.8 Å². The molecule has 0 N–H and O–H groups in total. The second kappa shape index (κ2) is 5.81. The molecule has 1 heterocycles. The topological polar surface area (TPSA) is 63.9 Å². The molecule has 6 nitrogen and oxygen atoms in total. The van der Waals surface area contributed by atoms with E-state index in [4.69, 9.17) is 0 Å².